The van der Waals surface area contributed by atoms with Gasteiger partial charge in [0.15, 0.2) is 0 Å². The van der Waals surface area contributed by atoms with Gasteiger partial charge in [0.05, 0.1) is 13.2 Å². The van der Waals surface area contributed by atoms with Crippen molar-refractivity contribution in [1.82, 2.24) is 20.0 Å². The van der Waals surface area contributed by atoms with Crippen molar-refractivity contribution >= 4 is 12.0 Å². The van der Waals surface area contributed by atoms with Gasteiger partial charge in [-0.1, -0.05) is 0 Å². The highest BCUT2D eigenvalue weighted by Gasteiger charge is 2.15. The van der Waals surface area contributed by atoms with Crippen LogP contribution in [0.2, 0.25) is 0 Å². The normalized spacial score (nSPS) is 11.7. The summed E-state index contributed by atoms with van der Waals surface area (Å²) in [6.45, 7) is 4.45. The van der Waals surface area contributed by atoms with Gasteiger partial charge in [-0.25, -0.2) is 4.79 Å². The van der Waals surface area contributed by atoms with Crippen molar-refractivity contribution in [2.75, 3.05) is 20.2 Å². The summed E-state index contributed by atoms with van der Waals surface area (Å²) in [5, 5.41) is 6.85. The van der Waals surface area contributed by atoms with Crippen LogP contribution in [0.4, 0.5) is 4.79 Å². The lowest BCUT2D eigenvalue weighted by Crippen LogP contribution is -2.43. The Bertz CT molecular complexity index is 405. The van der Waals surface area contributed by atoms with E-state index in [9.17, 15) is 9.59 Å². The van der Waals surface area contributed by atoms with Crippen LogP contribution >= 0.6 is 0 Å². The number of carbonyl (C=O) groups excluding carboxylic acids is 2. The molecule has 106 valence electrons. The second-order valence-corrected chi connectivity index (χ2v) is 4.25. The van der Waals surface area contributed by atoms with Gasteiger partial charge >= 0.3 is 6.09 Å². The monoisotopic (exact) mass is 268 g/mol. The molecule has 0 bridgehead atoms. The molecule has 0 saturated heterocycles. The highest BCUT2D eigenvalue weighted by molar-refractivity contribution is 5.82. The maximum atomic E-state index is 11.7. The second-order valence-electron chi connectivity index (χ2n) is 4.25. The number of nitrogens with one attached hydrogen (secondary N) is 1. The Labute approximate surface area is 112 Å². The Hall–Kier alpha value is -2.05. The van der Waals surface area contributed by atoms with Gasteiger partial charge in [-0.3, -0.25) is 9.48 Å². The number of nitrogens with zero attached hydrogens (tertiary/aromatic N) is 3. The number of likely N-dealkylation sites (N-methyl/N-ethyl adjacent to an activating group) is 1. The van der Waals surface area contributed by atoms with Crippen molar-refractivity contribution in [1.29, 1.82) is 0 Å². The average molecular weight is 268 g/mol. The molecule has 1 N–H and O–H groups in total. The van der Waals surface area contributed by atoms with Crippen LogP contribution < -0.4 is 5.32 Å². The van der Waals surface area contributed by atoms with E-state index in [2.05, 4.69) is 10.4 Å². The molecule has 0 aromatic carbocycles. The summed E-state index contributed by atoms with van der Waals surface area (Å²) in [5.74, 6) is -0.227. The maximum absolute atomic E-state index is 11.7. The van der Waals surface area contributed by atoms with E-state index in [1.165, 1.54) is 11.9 Å². The van der Waals surface area contributed by atoms with Gasteiger partial charge in [0.25, 0.3) is 0 Å². The van der Waals surface area contributed by atoms with E-state index < -0.39 is 6.09 Å². The summed E-state index contributed by atoms with van der Waals surface area (Å²) in [7, 11) is 1.52. The van der Waals surface area contributed by atoms with Gasteiger partial charge in [-0.05, 0) is 19.9 Å². The highest BCUT2D eigenvalue weighted by Crippen LogP contribution is 1.93. The molecule has 1 heterocycles. The van der Waals surface area contributed by atoms with Crippen LogP contribution in [0.3, 0.4) is 0 Å². The van der Waals surface area contributed by atoms with E-state index in [-0.39, 0.29) is 18.5 Å². The molecule has 0 radical (unpaired) electrons. The second kappa shape index (κ2) is 7.40. The number of amides is 2. The molecular formula is C12H20N4O3. The molecule has 1 aromatic rings. The summed E-state index contributed by atoms with van der Waals surface area (Å²) in [6, 6.07) is 1.76. The summed E-state index contributed by atoms with van der Waals surface area (Å²) in [4.78, 5) is 24.3. The topological polar surface area (TPSA) is 76.5 Å². The molecule has 1 aromatic heterocycles. The predicted octanol–water partition coefficient (Wildman–Crippen LogP) is 0.476. The van der Waals surface area contributed by atoms with Crippen molar-refractivity contribution in [3.63, 3.8) is 0 Å². The summed E-state index contributed by atoms with van der Waals surface area (Å²) in [6.07, 6.45) is 3.01. The Morgan fingerprint density at radius 1 is 1.53 bits per heavy atom. The molecule has 0 aliphatic rings. The fraction of sp³-hybridized carbons (Fsp3) is 0.583. The minimum atomic E-state index is -0.502. The largest absolute Gasteiger partial charge is 0.450 e. The van der Waals surface area contributed by atoms with E-state index in [0.717, 1.165) is 0 Å². The Morgan fingerprint density at radius 3 is 2.84 bits per heavy atom. The van der Waals surface area contributed by atoms with Gasteiger partial charge in [0, 0.05) is 25.5 Å². The third kappa shape index (κ3) is 5.41. The molecule has 2 amide bonds. The first-order valence-electron chi connectivity index (χ1n) is 6.17. The zero-order valence-corrected chi connectivity index (χ0v) is 11.5. The van der Waals surface area contributed by atoms with Crippen LogP contribution in [0.15, 0.2) is 18.5 Å². The summed E-state index contributed by atoms with van der Waals surface area (Å²) < 4.78 is 6.52. The van der Waals surface area contributed by atoms with Crippen LogP contribution in [0.5, 0.6) is 0 Å². The fourth-order valence-corrected chi connectivity index (χ4v) is 1.57. The van der Waals surface area contributed by atoms with Crippen LogP contribution in [0.1, 0.15) is 13.8 Å². The van der Waals surface area contributed by atoms with Crippen LogP contribution in [0, 0.1) is 0 Å². The Balaban J connectivity index is 2.32. The molecular weight excluding hydrogens is 248 g/mol. The third-order valence-corrected chi connectivity index (χ3v) is 2.39. The lowest BCUT2D eigenvalue weighted by Gasteiger charge is -2.18. The van der Waals surface area contributed by atoms with Gasteiger partial charge in [-0.2, -0.15) is 5.10 Å². The predicted molar refractivity (Wildman–Crippen MR) is 69.5 cm³/mol. The van der Waals surface area contributed by atoms with Gasteiger partial charge in [0.2, 0.25) is 5.91 Å². The van der Waals surface area contributed by atoms with Crippen molar-refractivity contribution < 1.29 is 14.3 Å². The van der Waals surface area contributed by atoms with Crippen LogP contribution in [0.25, 0.3) is 0 Å². The molecule has 0 saturated carbocycles. The molecule has 1 unspecified atom stereocenters. The lowest BCUT2D eigenvalue weighted by atomic mass is 10.3. The number of carbonyl (C=O) groups is 2. The van der Waals surface area contributed by atoms with Crippen LogP contribution in [-0.4, -0.2) is 52.9 Å². The molecule has 0 spiro atoms. The van der Waals surface area contributed by atoms with E-state index in [0.29, 0.717) is 13.2 Å². The standard InChI is InChI=1S/C12H20N4O3/c1-4-19-12(18)15(3)9-11(17)14-10(2)8-16-7-5-6-13-16/h5-7,10H,4,8-9H2,1-3H3,(H,14,17). The van der Waals surface area contributed by atoms with E-state index in [1.54, 1.807) is 17.8 Å². The first-order valence-corrected chi connectivity index (χ1v) is 6.17. The quantitative estimate of drug-likeness (QED) is 0.814. The molecule has 1 rings (SSSR count). The van der Waals surface area contributed by atoms with E-state index in [1.807, 2.05) is 19.2 Å². The van der Waals surface area contributed by atoms with E-state index in [4.69, 9.17) is 4.74 Å². The summed E-state index contributed by atoms with van der Waals surface area (Å²) in [5.41, 5.74) is 0. The number of ether oxygens (including phenoxy) is 1. The van der Waals surface area contributed by atoms with Gasteiger partial charge in [0.1, 0.15) is 6.54 Å². The first-order chi connectivity index (χ1) is 9.02. The molecule has 1 atom stereocenters. The SMILES string of the molecule is CCOC(=O)N(C)CC(=O)NC(C)Cn1cccn1. The maximum Gasteiger partial charge on any atom is 0.409 e. The van der Waals surface area contributed by atoms with Crippen LogP contribution in [-0.2, 0) is 16.1 Å². The number of rotatable bonds is 6. The van der Waals surface area contributed by atoms with Gasteiger partial charge in [-0.15, -0.1) is 0 Å². The molecule has 7 heteroatoms. The van der Waals surface area contributed by atoms with Crippen molar-refractivity contribution in [3.8, 4) is 0 Å². The molecule has 7 nitrogen and oxygen atoms in total. The van der Waals surface area contributed by atoms with Crippen molar-refractivity contribution in [2.24, 2.45) is 0 Å². The number of aromatic nitrogens is 2. The van der Waals surface area contributed by atoms with Crippen molar-refractivity contribution in [2.45, 2.75) is 26.4 Å². The van der Waals surface area contributed by atoms with Gasteiger partial charge < -0.3 is 15.0 Å². The average Bonchev–Trinajstić information content (AvgIpc) is 2.81. The van der Waals surface area contributed by atoms with E-state index >= 15 is 0 Å². The molecule has 19 heavy (non-hydrogen) atoms. The highest BCUT2D eigenvalue weighted by atomic mass is 16.6. The zero-order chi connectivity index (χ0) is 14.3. The number of hydrogen-bond acceptors (Lipinski definition) is 4. The first kappa shape index (κ1) is 15.0. The molecule has 0 aliphatic carbocycles. The fourth-order valence-electron chi connectivity index (χ4n) is 1.57. The number of hydrogen-bond donors (Lipinski definition) is 1. The molecule has 0 fully saturated rings. The smallest absolute Gasteiger partial charge is 0.409 e. The minimum Gasteiger partial charge on any atom is -0.450 e. The summed E-state index contributed by atoms with van der Waals surface area (Å²) >= 11 is 0. The minimum absolute atomic E-state index is 0.0255. The Kier molecular flexibility index (Phi) is 5.84. The third-order valence-electron chi connectivity index (χ3n) is 2.39. The Morgan fingerprint density at radius 2 is 2.26 bits per heavy atom. The zero-order valence-electron chi connectivity index (χ0n) is 11.5. The lowest BCUT2D eigenvalue weighted by molar-refractivity contribution is -0.122. The molecule has 0 aliphatic heterocycles. The van der Waals surface area contributed by atoms with Crippen molar-refractivity contribution in [3.05, 3.63) is 18.5 Å².